The SMILES string of the molecule is c1ccc(N(c2cc(N(c3ccccc3)c3ccccc3)c3c4ccccc4n(-c4ccc5ccccc5c4)c3c2)c2cccc3sc4ccccc4c23)cc1. The van der Waals surface area contributed by atoms with Gasteiger partial charge in [0.15, 0.2) is 0 Å². The van der Waals surface area contributed by atoms with Crippen molar-refractivity contribution in [2.45, 2.75) is 0 Å². The van der Waals surface area contributed by atoms with Gasteiger partial charge in [-0.1, -0.05) is 127 Å². The number of anilines is 6. The Morgan fingerprint density at radius 2 is 0.911 bits per heavy atom. The van der Waals surface area contributed by atoms with Crippen LogP contribution in [0.4, 0.5) is 34.1 Å². The van der Waals surface area contributed by atoms with E-state index in [2.05, 4.69) is 227 Å². The fraction of sp³-hybridized carbons (Fsp3) is 0. The molecule has 0 bridgehead atoms. The Hall–Kier alpha value is -7.14. The molecule has 4 heteroatoms. The van der Waals surface area contributed by atoms with E-state index in [4.69, 9.17) is 0 Å². The van der Waals surface area contributed by atoms with Crippen LogP contribution in [0.1, 0.15) is 0 Å². The zero-order valence-corrected chi connectivity index (χ0v) is 31.3. The molecule has 0 fully saturated rings. The second-order valence-electron chi connectivity index (χ2n) is 14.2. The molecule has 0 aliphatic carbocycles. The minimum absolute atomic E-state index is 1.07. The lowest BCUT2D eigenvalue weighted by Crippen LogP contribution is -2.14. The number of para-hydroxylation sites is 4. The zero-order chi connectivity index (χ0) is 37.0. The molecule has 0 amide bonds. The third-order valence-corrected chi connectivity index (χ3v) is 12.0. The number of hydrogen-bond acceptors (Lipinski definition) is 3. The van der Waals surface area contributed by atoms with Gasteiger partial charge in [0.1, 0.15) is 0 Å². The van der Waals surface area contributed by atoms with Crippen molar-refractivity contribution in [3.63, 3.8) is 0 Å². The van der Waals surface area contributed by atoms with Gasteiger partial charge in [0.2, 0.25) is 0 Å². The first-order valence-electron chi connectivity index (χ1n) is 19.0. The fourth-order valence-electron chi connectivity index (χ4n) is 8.49. The number of benzene rings is 9. The van der Waals surface area contributed by atoms with E-state index in [9.17, 15) is 0 Å². The predicted molar refractivity (Wildman–Crippen MR) is 241 cm³/mol. The lowest BCUT2D eigenvalue weighted by Gasteiger charge is -2.31. The van der Waals surface area contributed by atoms with E-state index in [1.54, 1.807) is 0 Å². The van der Waals surface area contributed by atoms with Gasteiger partial charge in [-0.3, -0.25) is 0 Å². The maximum Gasteiger partial charge on any atom is 0.0583 e. The van der Waals surface area contributed by atoms with Crippen LogP contribution < -0.4 is 9.80 Å². The van der Waals surface area contributed by atoms with Gasteiger partial charge in [0.05, 0.1) is 28.1 Å². The number of fused-ring (bicyclic) bond motifs is 7. The average Bonchev–Trinajstić information content (AvgIpc) is 3.81. The van der Waals surface area contributed by atoms with Crippen LogP contribution in [0.15, 0.2) is 212 Å². The van der Waals surface area contributed by atoms with E-state index in [1.165, 1.54) is 41.7 Å². The first-order valence-corrected chi connectivity index (χ1v) is 19.8. The Balaban J connectivity index is 1.30. The molecule has 0 radical (unpaired) electrons. The second kappa shape index (κ2) is 13.3. The van der Waals surface area contributed by atoms with Gasteiger partial charge in [-0.25, -0.2) is 0 Å². The van der Waals surface area contributed by atoms with E-state index >= 15 is 0 Å². The third-order valence-electron chi connectivity index (χ3n) is 10.9. The molecule has 0 saturated carbocycles. The molecule has 0 unspecified atom stereocenters. The summed E-state index contributed by atoms with van der Waals surface area (Å²) >= 11 is 1.85. The van der Waals surface area contributed by atoms with Gasteiger partial charge in [-0.2, -0.15) is 0 Å². The molecule has 9 aromatic carbocycles. The maximum atomic E-state index is 2.46. The van der Waals surface area contributed by atoms with Crippen molar-refractivity contribution in [1.29, 1.82) is 0 Å². The van der Waals surface area contributed by atoms with Crippen LogP contribution in [0.2, 0.25) is 0 Å². The number of nitrogens with zero attached hydrogens (tertiary/aromatic N) is 3. The molecule has 0 aliphatic heterocycles. The highest BCUT2D eigenvalue weighted by Crippen LogP contribution is 2.50. The van der Waals surface area contributed by atoms with Crippen molar-refractivity contribution >= 4 is 98.2 Å². The number of thiophene rings is 1. The molecule has 2 heterocycles. The van der Waals surface area contributed by atoms with Crippen LogP contribution in [0.5, 0.6) is 0 Å². The lowest BCUT2D eigenvalue weighted by atomic mass is 10.0. The van der Waals surface area contributed by atoms with Crippen molar-refractivity contribution in [1.82, 2.24) is 4.57 Å². The number of aromatic nitrogens is 1. The lowest BCUT2D eigenvalue weighted by molar-refractivity contribution is 1.18. The van der Waals surface area contributed by atoms with Crippen LogP contribution in [0.25, 0.3) is 58.4 Å². The van der Waals surface area contributed by atoms with Crippen LogP contribution in [-0.4, -0.2) is 4.57 Å². The molecule has 56 heavy (non-hydrogen) atoms. The molecule has 11 aromatic rings. The maximum absolute atomic E-state index is 2.46. The highest BCUT2D eigenvalue weighted by Gasteiger charge is 2.26. The summed E-state index contributed by atoms with van der Waals surface area (Å²) in [7, 11) is 0. The van der Waals surface area contributed by atoms with Gasteiger partial charge < -0.3 is 14.4 Å². The monoisotopic (exact) mass is 733 g/mol. The van der Waals surface area contributed by atoms with Crippen LogP contribution in [0, 0.1) is 0 Å². The van der Waals surface area contributed by atoms with Gasteiger partial charge in [-0.05, 0) is 95.7 Å². The third kappa shape index (κ3) is 5.26. The van der Waals surface area contributed by atoms with Crippen LogP contribution in [0.3, 0.4) is 0 Å². The summed E-state index contributed by atoms with van der Waals surface area (Å²) in [5.41, 5.74) is 10.0. The Kier molecular flexibility index (Phi) is 7.68. The average molecular weight is 734 g/mol. The van der Waals surface area contributed by atoms with E-state index in [1.807, 2.05) is 11.3 Å². The largest absolute Gasteiger partial charge is 0.310 e. The molecule has 0 N–H and O–H groups in total. The fourth-order valence-corrected chi connectivity index (χ4v) is 9.61. The minimum atomic E-state index is 1.07. The van der Waals surface area contributed by atoms with Crippen LogP contribution in [-0.2, 0) is 0 Å². The first-order chi connectivity index (χ1) is 27.8. The predicted octanol–water partition coefficient (Wildman–Crippen LogP) is 15.2. The summed E-state index contributed by atoms with van der Waals surface area (Å²) in [4.78, 5) is 4.88. The van der Waals surface area contributed by atoms with Crippen molar-refractivity contribution in [3.05, 3.63) is 212 Å². The van der Waals surface area contributed by atoms with Crippen molar-refractivity contribution in [2.24, 2.45) is 0 Å². The highest BCUT2D eigenvalue weighted by atomic mass is 32.1. The molecule has 2 aromatic heterocycles. The Bertz CT molecular complexity index is 3160. The van der Waals surface area contributed by atoms with E-state index < -0.39 is 0 Å². The summed E-state index contributed by atoms with van der Waals surface area (Å²) in [5, 5.41) is 7.36. The van der Waals surface area contributed by atoms with Crippen molar-refractivity contribution in [2.75, 3.05) is 9.80 Å². The standard InChI is InChI=1S/C52H35N3S/c1-4-19-38(20-5-1)53(39-21-6-2-7-22-39)47-34-42(54(40-23-8-3-9-24-40)46-28-16-30-50-52(46)44-26-13-15-29-49(44)56-50)35-48-51(47)43-25-12-14-27-45(43)55(48)41-32-31-36-17-10-11-18-37(36)33-41/h1-35H. The first kappa shape index (κ1) is 32.3. The molecule has 3 nitrogen and oxygen atoms in total. The summed E-state index contributed by atoms with van der Waals surface area (Å²) in [5.74, 6) is 0. The molecule has 11 rings (SSSR count). The Morgan fingerprint density at radius 3 is 1.62 bits per heavy atom. The van der Waals surface area contributed by atoms with Crippen molar-refractivity contribution in [3.8, 4) is 5.69 Å². The molecular formula is C52H35N3S. The van der Waals surface area contributed by atoms with Gasteiger partial charge in [-0.15, -0.1) is 11.3 Å². The van der Waals surface area contributed by atoms with E-state index in [-0.39, 0.29) is 0 Å². The quantitative estimate of drug-likeness (QED) is 0.162. The normalized spacial score (nSPS) is 11.6. The summed E-state index contributed by atoms with van der Waals surface area (Å²) < 4.78 is 5.02. The van der Waals surface area contributed by atoms with Crippen molar-refractivity contribution < 1.29 is 0 Å². The molecule has 0 spiro atoms. The molecule has 264 valence electrons. The summed E-state index contributed by atoms with van der Waals surface area (Å²) in [6.07, 6.45) is 0. The molecule has 0 aliphatic rings. The van der Waals surface area contributed by atoms with Crippen LogP contribution >= 0.6 is 11.3 Å². The Morgan fingerprint density at radius 1 is 0.339 bits per heavy atom. The minimum Gasteiger partial charge on any atom is -0.310 e. The second-order valence-corrected chi connectivity index (χ2v) is 15.3. The smallest absolute Gasteiger partial charge is 0.0583 e. The highest BCUT2D eigenvalue weighted by molar-refractivity contribution is 7.26. The Labute approximate surface area is 329 Å². The van der Waals surface area contributed by atoms with Gasteiger partial charge >= 0.3 is 0 Å². The molecule has 0 saturated heterocycles. The summed E-state index contributed by atoms with van der Waals surface area (Å²) in [6, 6.07) is 77.0. The summed E-state index contributed by atoms with van der Waals surface area (Å²) in [6.45, 7) is 0. The molecular weight excluding hydrogens is 699 g/mol. The number of hydrogen-bond donors (Lipinski definition) is 0. The van der Waals surface area contributed by atoms with E-state index in [0.717, 1.165) is 50.8 Å². The molecule has 0 atom stereocenters. The van der Waals surface area contributed by atoms with Gasteiger partial charge in [0.25, 0.3) is 0 Å². The van der Waals surface area contributed by atoms with E-state index in [0.29, 0.717) is 0 Å². The number of rotatable bonds is 7. The topological polar surface area (TPSA) is 11.4 Å². The van der Waals surface area contributed by atoms with Gasteiger partial charge in [0, 0.05) is 53.7 Å². The zero-order valence-electron chi connectivity index (χ0n) is 30.5.